The SMILES string of the molecule is COc1cc(OC)c(NC(=O)N(C)C2CCN(c3ccc(F)cc3)CC2)cc1Cl. The van der Waals surface area contributed by atoms with Gasteiger partial charge in [-0.2, -0.15) is 0 Å². The van der Waals surface area contributed by atoms with E-state index in [0.29, 0.717) is 22.2 Å². The Morgan fingerprint density at radius 3 is 2.34 bits per heavy atom. The maximum atomic E-state index is 13.1. The van der Waals surface area contributed by atoms with Crippen molar-refractivity contribution in [3.63, 3.8) is 0 Å². The van der Waals surface area contributed by atoms with Crippen molar-refractivity contribution >= 4 is 29.0 Å². The van der Waals surface area contributed by atoms with Crippen LogP contribution in [0.4, 0.5) is 20.6 Å². The van der Waals surface area contributed by atoms with Gasteiger partial charge in [0.15, 0.2) is 0 Å². The van der Waals surface area contributed by atoms with Crippen molar-refractivity contribution < 1.29 is 18.7 Å². The van der Waals surface area contributed by atoms with Crippen molar-refractivity contribution in [2.24, 2.45) is 0 Å². The van der Waals surface area contributed by atoms with E-state index >= 15 is 0 Å². The highest BCUT2D eigenvalue weighted by Gasteiger charge is 2.26. The minimum atomic E-state index is -0.242. The minimum Gasteiger partial charge on any atom is -0.495 e. The molecule has 3 rings (SSSR count). The molecule has 1 heterocycles. The number of piperidine rings is 1. The van der Waals surface area contributed by atoms with Gasteiger partial charge in [0, 0.05) is 37.9 Å². The van der Waals surface area contributed by atoms with Crippen molar-refractivity contribution in [1.82, 2.24) is 4.90 Å². The second-order valence-electron chi connectivity index (χ2n) is 6.92. The van der Waals surface area contributed by atoms with Crippen molar-refractivity contribution in [3.05, 3.63) is 47.2 Å². The summed E-state index contributed by atoms with van der Waals surface area (Å²) >= 11 is 6.18. The number of hydrogen-bond acceptors (Lipinski definition) is 4. The van der Waals surface area contributed by atoms with Crippen LogP contribution in [0.2, 0.25) is 5.02 Å². The molecule has 1 aliphatic heterocycles. The molecule has 29 heavy (non-hydrogen) atoms. The Hall–Kier alpha value is -2.67. The van der Waals surface area contributed by atoms with Gasteiger partial charge in [0.25, 0.3) is 0 Å². The molecule has 2 aromatic rings. The number of methoxy groups -OCH3 is 2. The Labute approximate surface area is 175 Å². The molecule has 0 aliphatic carbocycles. The topological polar surface area (TPSA) is 54.0 Å². The fourth-order valence-corrected chi connectivity index (χ4v) is 3.73. The molecule has 1 saturated heterocycles. The summed E-state index contributed by atoms with van der Waals surface area (Å²) in [5.41, 5.74) is 1.48. The van der Waals surface area contributed by atoms with Gasteiger partial charge in [-0.25, -0.2) is 9.18 Å². The van der Waals surface area contributed by atoms with Crippen LogP contribution in [0.25, 0.3) is 0 Å². The zero-order chi connectivity index (χ0) is 21.0. The standard InChI is InChI=1S/C21H25ClFN3O3/c1-25(15-8-10-26(11-9-15)16-6-4-14(23)5-7-16)21(27)24-18-12-17(22)19(28-2)13-20(18)29-3/h4-7,12-13,15H,8-11H2,1-3H3,(H,24,27). The van der Waals surface area contributed by atoms with E-state index in [0.717, 1.165) is 31.6 Å². The molecule has 2 amide bonds. The normalized spacial score (nSPS) is 14.4. The third-order valence-electron chi connectivity index (χ3n) is 5.24. The molecular formula is C21H25ClFN3O3. The molecule has 0 aromatic heterocycles. The van der Waals surface area contributed by atoms with E-state index in [1.165, 1.54) is 26.4 Å². The average molecular weight is 422 g/mol. The Kier molecular flexibility index (Phi) is 6.69. The first-order chi connectivity index (χ1) is 13.9. The molecule has 1 fully saturated rings. The summed E-state index contributed by atoms with van der Waals surface area (Å²) in [6.45, 7) is 1.59. The predicted octanol–water partition coefficient (Wildman–Crippen LogP) is 4.63. The van der Waals surface area contributed by atoms with Gasteiger partial charge >= 0.3 is 6.03 Å². The number of nitrogens with one attached hydrogen (secondary N) is 1. The second kappa shape index (κ2) is 9.22. The number of benzene rings is 2. The molecule has 0 saturated carbocycles. The van der Waals surface area contributed by atoms with Gasteiger partial charge in [-0.1, -0.05) is 11.6 Å². The van der Waals surface area contributed by atoms with Gasteiger partial charge in [0.05, 0.1) is 24.9 Å². The molecule has 8 heteroatoms. The van der Waals surface area contributed by atoms with Crippen LogP contribution in [-0.2, 0) is 0 Å². The third-order valence-corrected chi connectivity index (χ3v) is 5.54. The monoisotopic (exact) mass is 421 g/mol. The highest BCUT2D eigenvalue weighted by molar-refractivity contribution is 6.32. The Morgan fingerprint density at radius 2 is 1.76 bits per heavy atom. The molecular weight excluding hydrogens is 397 g/mol. The lowest BCUT2D eigenvalue weighted by Crippen LogP contribution is -2.47. The van der Waals surface area contributed by atoms with E-state index in [1.807, 2.05) is 0 Å². The van der Waals surface area contributed by atoms with Crippen molar-refractivity contribution in [2.75, 3.05) is 44.6 Å². The lowest BCUT2D eigenvalue weighted by atomic mass is 10.0. The van der Waals surface area contributed by atoms with Crippen LogP contribution < -0.4 is 19.7 Å². The van der Waals surface area contributed by atoms with Gasteiger partial charge in [-0.05, 0) is 43.2 Å². The van der Waals surface area contributed by atoms with Gasteiger partial charge in [0.1, 0.15) is 17.3 Å². The predicted molar refractivity (Wildman–Crippen MR) is 113 cm³/mol. The number of amides is 2. The van der Waals surface area contributed by atoms with Crippen LogP contribution in [-0.4, -0.2) is 51.3 Å². The first-order valence-electron chi connectivity index (χ1n) is 9.38. The summed E-state index contributed by atoms with van der Waals surface area (Å²) in [6, 6.07) is 9.62. The third kappa shape index (κ3) is 4.85. The Morgan fingerprint density at radius 1 is 1.14 bits per heavy atom. The minimum absolute atomic E-state index is 0.103. The zero-order valence-corrected chi connectivity index (χ0v) is 17.5. The zero-order valence-electron chi connectivity index (χ0n) is 16.7. The number of urea groups is 1. The average Bonchev–Trinajstić information content (AvgIpc) is 2.74. The fraction of sp³-hybridized carbons (Fsp3) is 0.381. The number of nitrogens with zero attached hydrogens (tertiary/aromatic N) is 2. The molecule has 156 valence electrons. The summed E-state index contributed by atoms with van der Waals surface area (Å²) in [5, 5.41) is 3.25. The largest absolute Gasteiger partial charge is 0.495 e. The van der Waals surface area contributed by atoms with E-state index in [9.17, 15) is 9.18 Å². The maximum absolute atomic E-state index is 13.1. The van der Waals surface area contributed by atoms with Crippen LogP contribution in [0.5, 0.6) is 11.5 Å². The summed E-state index contributed by atoms with van der Waals surface area (Å²) in [4.78, 5) is 16.7. The van der Waals surface area contributed by atoms with Gasteiger partial charge in [-0.3, -0.25) is 0 Å². The van der Waals surface area contributed by atoms with E-state index in [4.69, 9.17) is 21.1 Å². The smallest absolute Gasteiger partial charge is 0.321 e. The highest BCUT2D eigenvalue weighted by Crippen LogP contribution is 2.36. The summed E-state index contributed by atoms with van der Waals surface area (Å²) < 4.78 is 23.6. The van der Waals surface area contributed by atoms with E-state index in [2.05, 4.69) is 10.2 Å². The molecule has 0 spiro atoms. The van der Waals surface area contributed by atoms with Crippen LogP contribution in [0, 0.1) is 5.82 Å². The number of carbonyl (C=O) groups excluding carboxylic acids is 1. The van der Waals surface area contributed by atoms with Crippen molar-refractivity contribution in [2.45, 2.75) is 18.9 Å². The number of halogens is 2. The van der Waals surface area contributed by atoms with Crippen LogP contribution >= 0.6 is 11.6 Å². The molecule has 2 aromatic carbocycles. The van der Waals surface area contributed by atoms with Gasteiger partial charge in [0.2, 0.25) is 0 Å². The van der Waals surface area contributed by atoms with E-state index < -0.39 is 0 Å². The first-order valence-corrected chi connectivity index (χ1v) is 9.76. The Balaban J connectivity index is 1.61. The summed E-state index contributed by atoms with van der Waals surface area (Å²) in [7, 11) is 4.82. The van der Waals surface area contributed by atoms with Crippen LogP contribution in [0.1, 0.15) is 12.8 Å². The molecule has 1 N–H and O–H groups in total. The van der Waals surface area contributed by atoms with E-state index in [-0.39, 0.29) is 17.9 Å². The fourth-order valence-electron chi connectivity index (χ4n) is 3.49. The number of rotatable bonds is 5. The number of carbonyl (C=O) groups is 1. The lowest BCUT2D eigenvalue weighted by Gasteiger charge is -2.37. The number of ether oxygens (including phenoxy) is 2. The highest BCUT2D eigenvalue weighted by atomic mass is 35.5. The molecule has 0 unspecified atom stereocenters. The van der Waals surface area contributed by atoms with E-state index in [1.54, 1.807) is 36.2 Å². The Bertz CT molecular complexity index is 855. The maximum Gasteiger partial charge on any atom is 0.321 e. The number of hydrogen-bond donors (Lipinski definition) is 1. The lowest BCUT2D eigenvalue weighted by molar-refractivity contribution is 0.193. The molecule has 0 bridgehead atoms. The van der Waals surface area contributed by atoms with Gasteiger partial charge < -0.3 is 24.6 Å². The first kappa shape index (κ1) is 21.0. The molecule has 1 aliphatic rings. The quantitative estimate of drug-likeness (QED) is 0.764. The van der Waals surface area contributed by atoms with Crippen molar-refractivity contribution in [3.8, 4) is 11.5 Å². The van der Waals surface area contributed by atoms with Crippen LogP contribution in [0.3, 0.4) is 0 Å². The number of anilines is 2. The van der Waals surface area contributed by atoms with Crippen molar-refractivity contribution in [1.29, 1.82) is 0 Å². The summed E-state index contributed by atoms with van der Waals surface area (Å²) in [5.74, 6) is 0.705. The molecule has 0 radical (unpaired) electrons. The second-order valence-corrected chi connectivity index (χ2v) is 7.33. The summed E-state index contributed by atoms with van der Waals surface area (Å²) in [6.07, 6.45) is 1.64. The van der Waals surface area contributed by atoms with Gasteiger partial charge in [-0.15, -0.1) is 0 Å². The van der Waals surface area contributed by atoms with Crippen LogP contribution in [0.15, 0.2) is 36.4 Å². The molecule has 0 atom stereocenters. The molecule has 6 nitrogen and oxygen atoms in total.